The van der Waals surface area contributed by atoms with E-state index in [0.717, 1.165) is 12.8 Å². The molecule has 1 saturated heterocycles. The number of carbonyl (C=O) groups excluding carboxylic acids is 2. The maximum Gasteiger partial charge on any atom is 0.257 e. The third kappa shape index (κ3) is 3.97. The van der Waals surface area contributed by atoms with Gasteiger partial charge in [-0.1, -0.05) is 23.2 Å². The highest BCUT2D eigenvalue weighted by Gasteiger charge is 2.33. The van der Waals surface area contributed by atoms with Crippen molar-refractivity contribution in [3.63, 3.8) is 0 Å². The fourth-order valence-corrected chi connectivity index (χ4v) is 4.05. The monoisotopic (exact) mass is 397 g/mol. The van der Waals surface area contributed by atoms with Gasteiger partial charge in [-0.25, -0.2) is 0 Å². The Labute approximate surface area is 160 Å². The first-order valence-electron chi connectivity index (χ1n) is 7.95. The van der Waals surface area contributed by atoms with E-state index in [0.29, 0.717) is 40.0 Å². The average Bonchev–Trinajstić information content (AvgIpc) is 3.02. The largest absolute Gasteiger partial charge is 0.327 e. The Balaban J connectivity index is 1.79. The maximum absolute atomic E-state index is 12.8. The second-order valence-electron chi connectivity index (χ2n) is 5.94. The van der Waals surface area contributed by atoms with Crippen molar-refractivity contribution >= 4 is 52.2 Å². The molecule has 1 fully saturated rings. The van der Waals surface area contributed by atoms with Gasteiger partial charge in [-0.15, -0.1) is 0 Å². The van der Waals surface area contributed by atoms with Gasteiger partial charge >= 0.3 is 0 Å². The van der Waals surface area contributed by atoms with Crippen molar-refractivity contribution in [1.82, 2.24) is 9.27 Å². The molecule has 2 aromatic rings. The van der Waals surface area contributed by atoms with Crippen LogP contribution in [0, 0.1) is 6.92 Å². The molecule has 0 unspecified atom stereocenters. The topological polar surface area (TPSA) is 62.3 Å². The number of benzene rings is 1. The van der Waals surface area contributed by atoms with E-state index in [9.17, 15) is 9.59 Å². The standard InChI is InChI=1S/C17H17Cl2N3O2S/c1-10-12(9-25-21-10)17(24)22-7-3-2-4-15(22)16(23)20-14-6-5-11(18)8-13(14)19/h5-6,8-9,15H,2-4,7H2,1H3,(H,20,23)/t15-/m0/s1. The van der Waals surface area contributed by atoms with Crippen LogP contribution in [0.5, 0.6) is 0 Å². The molecule has 3 rings (SSSR count). The summed E-state index contributed by atoms with van der Waals surface area (Å²) in [5.41, 5.74) is 1.75. The number of hydrogen-bond donors (Lipinski definition) is 1. The number of nitrogens with zero attached hydrogens (tertiary/aromatic N) is 2. The van der Waals surface area contributed by atoms with Crippen LogP contribution in [0.1, 0.15) is 35.3 Å². The van der Waals surface area contributed by atoms with Gasteiger partial charge in [0.25, 0.3) is 5.91 Å². The minimum atomic E-state index is -0.521. The predicted molar refractivity (Wildman–Crippen MR) is 101 cm³/mol. The van der Waals surface area contributed by atoms with Gasteiger partial charge in [-0.3, -0.25) is 9.59 Å². The Morgan fingerprint density at radius 1 is 1.32 bits per heavy atom. The third-order valence-corrected chi connectivity index (χ3v) is 5.50. The number of nitrogens with one attached hydrogen (secondary N) is 1. The summed E-state index contributed by atoms with van der Waals surface area (Å²) in [7, 11) is 0. The summed E-state index contributed by atoms with van der Waals surface area (Å²) in [6, 6.07) is 4.37. The van der Waals surface area contributed by atoms with Gasteiger partial charge < -0.3 is 10.2 Å². The summed E-state index contributed by atoms with van der Waals surface area (Å²) in [6.07, 6.45) is 2.41. The van der Waals surface area contributed by atoms with E-state index in [2.05, 4.69) is 9.69 Å². The van der Waals surface area contributed by atoms with E-state index in [1.54, 1.807) is 35.4 Å². The highest BCUT2D eigenvalue weighted by atomic mass is 35.5. The smallest absolute Gasteiger partial charge is 0.257 e. The van der Waals surface area contributed by atoms with E-state index < -0.39 is 6.04 Å². The normalized spacial score (nSPS) is 17.4. The summed E-state index contributed by atoms with van der Waals surface area (Å²) < 4.78 is 4.15. The molecule has 0 bridgehead atoms. The Morgan fingerprint density at radius 3 is 2.80 bits per heavy atom. The zero-order valence-electron chi connectivity index (χ0n) is 13.6. The molecule has 0 saturated carbocycles. The van der Waals surface area contributed by atoms with Crippen LogP contribution >= 0.6 is 34.7 Å². The van der Waals surface area contributed by atoms with E-state index in [1.165, 1.54) is 11.5 Å². The second-order valence-corrected chi connectivity index (χ2v) is 7.41. The van der Waals surface area contributed by atoms with Crippen molar-refractivity contribution in [2.24, 2.45) is 0 Å². The lowest BCUT2D eigenvalue weighted by atomic mass is 10.00. The first-order valence-corrected chi connectivity index (χ1v) is 9.54. The second kappa shape index (κ2) is 7.72. The van der Waals surface area contributed by atoms with Crippen LogP contribution in [0.3, 0.4) is 0 Å². The van der Waals surface area contributed by atoms with Crippen LogP contribution in [0.15, 0.2) is 23.6 Å². The van der Waals surface area contributed by atoms with Crippen molar-refractivity contribution in [2.75, 3.05) is 11.9 Å². The minimum Gasteiger partial charge on any atom is -0.327 e. The lowest BCUT2D eigenvalue weighted by molar-refractivity contribution is -0.121. The van der Waals surface area contributed by atoms with Crippen LogP contribution in [-0.2, 0) is 4.79 Å². The molecule has 25 heavy (non-hydrogen) atoms. The number of hydrogen-bond acceptors (Lipinski definition) is 4. The molecule has 1 aromatic carbocycles. The lowest BCUT2D eigenvalue weighted by Gasteiger charge is -2.34. The summed E-state index contributed by atoms with van der Waals surface area (Å²) in [5, 5.41) is 5.41. The third-order valence-electron chi connectivity index (χ3n) is 4.24. The van der Waals surface area contributed by atoms with Crippen LogP contribution in [0.4, 0.5) is 5.69 Å². The first kappa shape index (κ1) is 18.2. The van der Waals surface area contributed by atoms with Crippen LogP contribution in [-0.4, -0.2) is 33.7 Å². The quantitative estimate of drug-likeness (QED) is 0.834. The number of amides is 2. The number of likely N-dealkylation sites (tertiary alicyclic amines) is 1. The van der Waals surface area contributed by atoms with Crippen molar-refractivity contribution in [1.29, 1.82) is 0 Å². The summed E-state index contributed by atoms with van der Waals surface area (Å²) in [5.74, 6) is -0.383. The molecule has 0 aliphatic carbocycles. The highest BCUT2D eigenvalue weighted by molar-refractivity contribution is 7.03. The van der Waals surface area contributed by atoms with Crippen molar-refractivity contribution < 1.29 is 9.59 Å². The lowest BCUT2D eigenvalue weighted by Crippen LogP contribution is -2.50. The van der Waals surface area contributed by atoms with Gasteiger partial charge in [0.2, 0.25) is 5.91 Å². The number of carbonyl (C=O) groups is 2. The fraction of sp³-hybridized carbons (Fsp3) is 0.353. The first-order chi connectivity index (χ1) is 12.0. The SMILES string of the molecule is Cc1nscc1C(=O)N1CCCC[C@H]1C(=O)Nc1ccc(Cl)cc1Cl. The molecule has 5 nitrogen and oxygen atoms in total. The van der Waals surface area contributed by atoms with Crippen LogP contribution in [0.2, 0.25) is 10.0 Å². The molecule has 0 radical (unpaired) electrons. The number of rotatable bonds is 3. The number of piperidine rings is 1. The molecule has 1 aromatic heterocycles. The average molecular weight is 398 g/mol. The Bertz CT molecular complexity index is 809. The van der Waals surface area contributed by atoms with Crippen molar-refractivity contribution in [2.45, 2.75) is 32.2 Å². The molecule has 1 aliphatic heterocycles. The van der Waals surface area contributed by atoms with Gasteiger partial charge in [0.1, 0.15) is 6.04 Å². The van der Waals surface area contributed by atoms with Crippen LogP contribution < -0.4 is 5.32 Å². The molecule has 1 atom stereocenters. The fourth-order valence-electron chi connectivity index (χ4n) is 2.91. The number of aryl methyl sites for hydroxylation is 1. The van der Waals surface area contributed by atoms with E-state index >= 15 is 0 Å². The molecule has 132 valence electrons. The number of aromatic nitrogens is 1. The van der Waals surface area contributed by atoms with Crippen molar-refractivity contribution in [3.05, 3.63) is 44.9 Å². The summed E-state index contributed by atoms with van der Waals surface area (Å²) >= 11 is 13.3. The zero-order valence-corrected chi connectivity index (χ0v) is 15.9. The van der Waals surface area contributed by atoms with E-state index in [1.807, 2.05) is 0 Å². The summed E-state index contributed by atoms with van der Waals surface area (Å²) in [4.78, 5) is 27.2. The van der Waals surface area contributed by atoms with E-state index in [-0.39, 0.29) is 11.8 Å². The van der Waals surface area contributed by atoms with Gasteiger partial charge in [0.05, 0.1) is 22.0 Å². The minimum absolute atomic E-state index is 0.145. The van der Waals surface area contributed by atoms with Gasteiger partial charge in [-0.05, 0) is 55.9 Å². The molecule has 0 spiro atoms. The highest BCUT2D eigenvalue weighted by Crippen LogP contribution is 2.27. The Kier molecular flexibility index (Phi) is 5.61. The number of anilines is 1. The van der Waals surface area contributed by atoms with Crippen LogP contribution in [0.25, 0.3) is 0 Å². The van der Waals surface area contributed by atoms with Gasteiger partial charge in [-0.2, -0.15) is 4.37 Å². The van der Waals surface area contributed by atoms with Gasteiger partial charge in [0.15, 0.2) is 0 Å². The number of halogens is 2. The molecule has 1 aliphatic rings. The summed E-state index contributed by atoms with van der Waals surface area (Å²) in [6.45, 7) is 2.36. The Hall–Kier alpha value is -1.63. The molecular weight excluding hydrogens is 381 g/mol. The van der Waals surface area contributed by atoms with Crippen molar-refractivity contribution in [3.8, 4) is 0 Å². The Morgan fingerprint density at radius 2 is 2.12 bits per heavy atom. The molecule has 8 heteroatoms. The molecule has 1 N–H and O–H groups in total. The van der Waals surface area contributed by atoms with E-state index in [4.69, 9.17) is 23.2 Å². The van der Waals surface area contributed by atoms with Gasteiger partial charge in [0, 0.05) is 16.9 Å². The maximum atomic E-state index is 12.8. The molecular formula is C17H17Cl2N3O2S. The predicted octanol–water partition coefficient (Wildman–Crippen LogP) is 4.39. The molecule has 2 heterocycles. The zero-order chi connectivity index (χ0) is 18.0. The molecule has 2 amide bonds.